The lowest BCUT2D eigenvalue weighted by Crippen LogP contribution is -2.47. The summed E-state index contributed by atoms with van der Waals surface area (Å²) in [7, 11) is 8.35. The van der Waals surface area contributed by atoms with Gasteiger partial charge in [0.05, 0.1) is 78.0 Å². The van der Waals surface area contributed by atoms with Crippen molar-refractivity contribution in [1.29, 1.82) is 0 Å². The van der Waals surface area contributed by atoms with Crippen LogP contribution in [0.3, 0.4) is 0 Å². The molecule has 3 aromatic heterocycles. The van der Waals surface area contributed by atoms with Gasteiger partial charge in [0.15, 0.2) is 46.0 Å². The molecule has 8 aromatic carbocycles. The third-order valence-electron chi connectivity index (χ3n) is 22.5. The Kier molecular flexibility index (Phi) is 27.4. The summed E-state index contributed by atoms with van der Waals surface area (Å²) < 4.78 is 71.9. The molecule has 0 N–H and O–H groups in total. The number of carbonyl (C=O) groups excluding carboxylic acids is 2. The lowest BCUT2D eigenvalue weighted by atomic mass is 10.00. The molecule has 29 heteroatoms. The molecular weight excluding hydrogens is 1620 g/mol. The van der Waals surface area contributed by atoms with E-state index < -0.39 is 0 Å². The molecular formula is C94H101N11O15S3. The van der Waals surface area contributed by atoms with Gasteiger partial charge in [0, 0.05) is 158 Å². The van der Waals surface area contributed by atoms with Gasteiger partial charge < -0.3 is 81.2 Å². The van der Waals surface area contributed by atoms with E-state index in [1.807, 2.05) is 100 Å². The number of fused-ring (bicyclic) bond motifs is 5. The highest BCUT2D eigenvalue weighted by molar-refractivity contribution is 7.10. The molecule has 0 bridgehead atoms. The van der Waals surface area contributed by atoms with Crippen LogP contribution in [0.25, 0.3) is 11.4 Å². The van der Waals surface area contributed by atoms with Gasteiger partial charge in [-0.2, -0.15) is 0 Å². The first-order chi connectivity index (χ1) is 60.1. The molecule has 0 spiro atoms. The number of hydrogen-bond acceptors (Lipinski definition) is 27. The fourth-order valence-corrected chi connectivity index (χ4v) is 18.3. The van der Waals surface area contributed by atoms with Crippen LogP contribution in [0.1, 0.15) is 93.9 Å². The fraction of sp³-hybridized carbons (Fsp3) is 0.330. The molecule has 18 rings (SSSR count). The molecule has 2 amide bonds. The maximum absolute atomic E-state index is 13.3. The Hall–Kier alpha value is -12.1. The summed E-state index contributed by atoms with van der Waals surface area (Å²) in [5.74, 6) is 10.4. The van der Waals surface area contributed by atoms with E-state index in [0.717, 1.165) is 206 Å². The molecule has 10 heterocycles. The van der Waals surface area contributed by atoms with Crippen LogP contribution in [-0.2, 0) is 83.2 Å². The van der Waals surface area contributed by atoms with Gasteiger partial charge in [-0.1, -0.05) is 86.0 Å². The van der Waals surface area contributed by atoms with Crippen molar-refractivity contribution in [1.82, 2.24) is 54.2 Å². The number of methoxy groups -OCH3 is 5. The van der Waals surface area contributed by atoms with Gasteiger partial charge in [0.2, 0.25) is 33.1 Å². The van der Waals surface area contributed by atoms with Gasteiger partial charge in [0.25, 0.3) is 5.91 Å². The van der Waals surface area contributed by atoms with Gasteiger partial charge in [0.1, 0.15) is 49.5 Å². The minimum Gasteiger partial charge on any atom is -0.497 e. The maximum atomic E-state index is 13.3. The molecule has 0 unspecified atom stereocenters. The Bertz CT molecular complexity index is 5530. The summed E-state index contributed by atoms with van der Waals surface area (Å²) in [5, 5.41) is 9.04. The van der Waals surface area contributed by atoms with Crippen LogP contribution in [0, 0.1) is 0 Å². The smallest absolute Gasteiger partial charge is 0.273 e. The Morgan fingerprint density at radius 1 is 0.374 bits per heavy atom. The van der Waals surface area contributed by atoms with E-state index >= 15 is 0 Å². The molecule has 0 aliphatic carbocycles. The SMILES string of the molecule is C=C(c1csc(CN(Cc2ccc3c(c2)OCO3)Cc2ccc(OC)cc2OC)n1)N1CCN(C(C)=O)CC1.C=C(c1csc(CN(Cc2ccc3c(c2)OCO3)Cc2ccc(OC)cc2OC)n1)N1CCN(Cc2ccc3c(c2)OCO3)CC1.COc1ccc(CN(Cc2ccc3c(c2)OCO3)Cc2nc(C(=O)N3CCc4ccccc4C3)cs2)cc1. The predicted molar refractivity (Wildman–Crippen MR) is 471 cm³/mol. The summed E-state index contributed by atoms with van der Waals surface area (Å²) in [6, 6.07) is 52.8. The van der Waals surface area contributed by atoms with Crippen LogP contribution in [-0.4, -0.2) is 188 Å². The second-order valence-electron chi connectivity index (χ2n) is 30.7. The standard InChI is InChI=1S/C35H38N4O6S.C30H29N3O4S.C29H34N4O5S/c1-24(39-12-10-37(11-13-39)17-25-4-8-30-33(14-25)44-22-42-30)29-21-46-35(36-29)20-38(18-26-5-9-31-34(15-26)45-23-43-31)19-27-6-7-28(40-2)16-32(27)41-3;1-35-25-9-6-21(7-10-25)15-32(16-22-8-11-27-28(14-22)37-20-36-27)18-29-31-26(19-38-29)30(34)33-13-12-23-4-2-3-5-24(23)17-33;1-20(32-9-11-33(12-10-32)21(2)34)25-18-39-29(30-25)17-31(15-22-5-8-26-28(13-22)38-19-37-26)16-23-6-7-24(35-3)14-27(23)36-4/h4-9,14-16,21H,1,10-13,17-20,22-23H2,2-3H3;2-11,14,19H,12-13,15-18,20H2,1H3;5-8,13-14,18H,1,9-12,15-17,19H2,2-4H3. The first-order valence-electron chi connectivity index (χ1n) is 40.9. The van der Waals surface area contributed by atoms with E-state index in [-0.39, 0.29) is 32.2 Å². The lowest BCUT2D eigenvalue weighted by molar-refractivity contribution is -0.130. The van der Waals surface area contributed by atoms with E-state index in [2.05, 4.69) is 126 Å². The summed E-state index contributed by atoms with van der Waals surface area (Å²) in [5.41, 5.74) is 14.7. The summed E-state index contributed by atoms with van der Waals surface area (Å²) in [6.07, 6.45) is 0.879. The summed E-state index contributed by atoms with van der Waals surface area (Å²) >= 11 is 4.84. The molecule has 123 heavy (non-hydrogen) atoms. The summed E-state index contributed by atoms with van der Waals surface area (Å²) in [4.78, 5) is 57.6. The molecule has 640 valence electrons. The lowest BCUT2D eigenvalue weighted by Gasteiger charge is -2.36. The van der Waals surface area contributed by atoms with Crippen molar-refractivity contribution in [3.8, 4) is 74.7 Å². The number of piperazine rings is 2. The van der Waals surface area contributed by atoms with E-state index in [4.69, 9.17) is 76.5 Å². The molecule has 26 nitrogen and oxygen atoms in total. The molecule has 2 fully saturated rings. The molecule has 0 atom stereocenters. The molecule has 0 saturated carbocycles. The predicted octanol–water partition coefficient (Wildman–Crippen LogP) is 15.1. The normalized spacial score (nSPS) is 14.7. The molecule has 0 radical (unpaired) electrons. The first-order valence-corrected chi connectivity index (χ1v) is 43.6. The highest BCUT2D eigenvalue weighted by Crippen LogP contribution is 2.40. The van der Waals surface area contributed by atoms with Gasteiger partial charge in [-0.15, -0.1) is 34.0 Å². The third-order valence-corrected chi connectivity index (χ3v) is 25.0. The molecule has 7 aliphatic heterocycles. The minimum absolute atomic E-state index is 0.000483. The molecule has 11 aromatic rings. The van der Waals surface area contributed by atoms with Crippen LogP contribution in [0.2, 0.25) is 0 Å². The van der Waals surface area contributed by atoms with E-state index in [1.54, 1.807) is 65.1 Å². The van der Waals surface area contributed by atoms with E-state index in [9.17, 15) is 9.59 Å². The highest BCUT2D eigenvalue weighted by atomic mass is 32.1. The zero-order valence-electron chi connectivity index (χ0n) is 70.1. The van der Waals surface area contributed by atoms with Crippen LogP contribution in [0.15, 0.2) is 187 Å². The van der Waals surface area contributed by atoms with Crippen LogP contribution >= 0.6 is 34.0 Å². The maximum Gasteiger partial charge on any atom is 0.273 e. The van der Waals surface area contributed by atoms with Crippen molar-refractivity contribution in [2.24, 2.45) is 0 Å². The number of benzene rings is 8. The first kappa shape index (κ1) is 84.5. The number of carbonyl (C=O) groups is 2. The monoisotopic (exact) mass is 1720 g/mol. The number of amides is 2. The zero-order valence-corrected chi connectivity index (χ0v) is 72.6. The van der Waals surface area contributed by atoms with Gasteiger partial charge in [-0.05, 0) is 118 Å². The number of aromatic nitrogens is 3. The Labute approximate surface area is 729 Å². The van der Waals surface area contributed by atoms with Crippen molar-refractivity contribution >= 4 is 57.2 Å². The average Bonchev–Trinajstić information content (AvgIpc) is 1.52. The fourth-order valence-electron chi connectivity index (χ4n) is 15.8. The minimum atomic E-state index is -0.000483. The zero-order chi connectivity index (χ0) is 84.7. The second kappa shape index (κ2) is 39.8. The Morgan fingerprint density at radius 3 is 1.20 bits per heavy atom. The van der Waals surface area contributed by atoms with Crippen molar-refractivity contribution in [2.45, 2.75) is 85.3 Å². The van der Waals surface area contributed by atoms with Crippen LogP contribution in [0.4, 0.5) is 0 Å². The summed E-state index contributed by atoms with van der Waals surface area (Å²) in [6.45, 7) is 26.4. The Morgan fingerprint density at radius 2 is 0.748 bits per heavy atom. The van der Waals surface area contributed by atoms with Crippen LogP contribution in [0.5, 0.6) is 74.7 Å². The number of hydrogen-bond donors (Lipinski definition) is 0. The van der Waals surface area contributed by atoms with Crippen molar-refractivity contribution in [3.63, 3.8) is 0 Å². The van der Waals surface area contributed by atoms with E-state index in [1.165, 1.54) is 33.6 Å². The quantitative estimate of drug-likeness (QED) is 0.0408. The topological polar surface area (TPSA) is 219 Å². The number of nitrogens with zero attached hydrogens (tertiary/aromatic N) is 11. The number of thiazole rings is 3. The highest BCUT2D eigenvalue weighted by Gasteiger charge is 2.29. The van der Waals surface area contributed by atoms with E-state index in [0.29, 0.717) is 84.5 Å². The largest absolute Gasteiger partial charge is 0.497 e. The number of ether oxygens (including phenoxy) is 13. The van der Waals surface area contributed by atoms with Crippen molar-refractivity contribution < 1.29 is 71.2 Å². The molecule has 7 aliphatic rings. The third kappa shape index (κ3) is 21.3. The average molecular weight is 1720 g/mol. The van der Waals surface area contributed by atoms with Crippen LogP contribution < -0.4 is 61.6 Å². The van der Waals surface area contributed by atoms with Gasteiger partial charge in [-0.3, -0.25) is 29.2 Å². The second-order valence-corrected chi connectivity index (χ2v) is 33.5. The Balaban J connectivity index is 0.000000137. The van der Waals surface area contributed by atoms with Gasteiger partial charge in [-0.25, -0.2) is 15.0 Å². The number of rotatable bonds is 30. The van der Waals surface area contributed by atoms with Crippen molar-refractivity contribution in [2.75, 3.05) is 122 Å². The van der Waals surface area contributed by atoms with Crippen molar-refractivity contribution in [3.05, 3.63) is 269 Å². The molecule has 2 saturated heterocycles. The van der Waals surface area contributed by atoms with Gasteiger partial charge >= 0.3 is 0 Å².